The molecule has 27 heavy (non-hydrogen) atoms. The zero-order chi connectivity index (χ0) is 18.6. The molecule has 1 amide bonds. The molecule has 0 fully saturated rings. The summed E-state index contributed by atoms with van der Waals surface area (Å²) < 4.78 is 5.07. The number of anilines is 1. The number of aromatic amines is 1. The number of hydrogen-bond acceptors (Lipinski definition) is 6. The summed E-state index contributed by atoms with van der Waals surface area (Å²) in [7, 11) is 0. The van der Waals surface area contributed by atoms with Crippen LogP contribution in [0.25, 0.3) is 22.3 Å². The van der Waals surface area contributed by atoms with Crippen molar-refractivity contribution in [3.63, 3.8) is 0 Å². The smallest absolute Gasteiger partial charge is 0.338 e. The summed E-state index contributed by atoms with van der Waals surface area (Å²) in [6, 6.07) is 14.6. The van der Waals surface area contributed by atoms with Crippen molar-refractivity contribution in [2.75, 3.05) is 11.9 Å². The van der Waals surface area contributed by atoms with E-state index in [4.69, 9.17) is 4.74 Å². The number of imidazole rings is 1. The van der Waals surface area contributed by atoms with Crippen LogP contribution in [-0.4, -0.2) is 33.4 Å². The highest BCUT2D eigenvalue weighted by Crippen LogP contribution is 2.24. The lowest BCUT2D eigenvalue weighted by Gasteiger charge is -2.05. The molecule has 7 nitrogen and oxygen atoms in total. The van der Waals surface area contributed by atoms with Gasteiger partial charge in [0, 0.05) is 10.9 Å². The molecule has 2 N–H and O–H groups in total. The SMILES string of the molecule is O=C(COC(=O)c1ccc2nc[nH]c2c1)Nc1nc(-c2ccccc2)cs1. The molecule has 0 aliphatic carbocycles. The van der Waals surface area contributed by atoms with Crippen LogP contribution in [0.4, 0.5) is 5.13 Å². The lowest BCUT2D eigenvalue weighted by atomic mass is 10.2. The van der Waals surface area contributed by atoms with Gasteiger partial charge in [-0.25, -0.2) is 14.8 Å². The van der Waals surface area contributed by atoms with Crippen LogP contribution in [0.15, 0.2) is 60.2 Å². The Labute approximate surface area is 158 Å². The van der Waals surface area contributed by atoms with Gasteiger partial charge in [0.1, 0.15) is 0 Å². The minimum atomic E-state index is -0.578. The van der Waals surface area contributed by atoms with E-state index >= 15 is 0 Å². The van der Waals surface area contributed by atoms with Crippen LogP contribution in [0.2, 0.25) is 0 Å². The molecule has 0 atom stereocenters. The molecule has 134 valence electrons. The lowest BCUT2D eigenvalue weighted by molar-refractivity contribution is -0.119. The van der Waals surface area contributed by atoms with Gasteiger partial charge in [0.2, 0.25) is 0 Å². The first kappa shape index (κ1) is 16.9. The van der Waals surface area contributed by atoms with E-state index in [0.29, 0.717) is 10.7 Å². The van der Waals surface area contributed by atoms with Crippen molar-refractivity contribution in [2.45, 2.75) is 0 Å². The summed E-state index contributed by atoms with van der Waals surface area (Å²) in [6.07, 6.45) is 1.55. The summed E-state index contributed by atoms with van der Waals surface area (Å²) in [4.78, 5) is 35.5. The third-order valence-electron chi connectivity index (χ3n) is 3.81. The fourth-order valence-corrected chi connectivity index (χ4v) is 3.24. The molecule has 2 aromatic heterocycles. The van der Waals surface area contributed by atoms with Crippen molar-refractivity contribution < 1.29 is 14.3 Å². The average molecular weight is 378 g/mol. The van der Waals surface area contributed by atoms with Gasteiger partial charge in [-0.05, 0) is 18.2 Å². The van der Waals surface area contributed by atoms with Gasteiger partial charge in [-0.15, -0.1) is 11.3 Å². The molecular weight excluding hydrogens is 364 g/mol. The lowest BCUT2D eigenvalue weighted by Crippen LogP contribution is -2.20. The largest absolute Gasteiger partial charge is 0.452 e. The molecule has 0 aliphatic rings. The fourth-order valence-electron chi connectivity index (χ4n) is 2.50. The minimum absolute atomic E-state index is 0.347. The molecule has 0 saturated heterocycles. The van der Waals surface area contributed by atoms with Gasteiger partial charge in [0.15, 0.2) is 11.7 Å². The second-order valence-corrected chi connectivity index (χ2v) is 6.52. The van der Waals surface area contributed by atoms with Crippen LogP contribution < -0.4 is 5.32 Å². The third-order valence-corrected chi connectivity index (χ3v) is 4.57. The van der Waals surface area contributed by atoms with Crippen LogP contribution in [-0.2, 0) is 9.53 Å². The van der Waals surface area contributed by atoms with Gasteiger partial charge < -0.3 is 9.72 Å². The number of nitrogens with one attached hydrogen (secondary N) is 2. The Morgan fingerprint density at radius 3 is 2.85 bits per heavy atom. The number of carbonyl (C=O) groups excluding carboxylic acids is 2. The Bertz CT molecular complexity index is 1100. The van der Waals surface area contributed by atoms with Gasteiger partial charge in [-0.3, -0.25) is 10.1 Å². The maximum absolute atomic E-state index is 12.1. The number of esters is 1. The van der Waals surface area contributed by atoms with Crippen LogP contribution in [0, 0.1) is 0 Å². The predicted octanol–water partition coefficient (Wildman–Crippen LogP) is 3.48. The molecule has 2 aromatic carbocycles. The van der Waals surface area contributed by atoms with Crippen LogP contribution >= 0.6 is 11.3 Å². The van der Waals surface area contributed by atoms with Crippen LogP contribution in [0.3, 0.4) is 0 Å². The quantitative estimate of drug-likeness (QED) is 0.518. The number of ether oxygens (including phenoxy) is 1. The van der Waals surface area contributed by atoms with Gasteiger partial charge >= 0.3 is 5.97 Å². The highest BCUT2D eigenvalue weighted by atomic mass is 32.1. The summed E-state index contributed by atoms with van der Waals surface area (Å²) >= 11 is 1.31. The number of carbonyl (C=O) groups is 2. The third kappa shape index (κ3) is 3.85. The second-order valence-electron chi connectivity index (χ2n) is 5.66. The maximum atomic E-state index is 12.1. The minimum Gasteiger partial charge on any atom is -0.452 e. The first-order valence-electron chi connectivity index (χ1n) is 8.10. The van der Waals surface area contributed by atoms with E-state index in [1.54, 1.807) is 24.5 Å². The first-order valence-corrected chi connectivity index (χ1v) is 8.98. The van der Waals surface area contributed by atoms with E-state index in [1.807, 2.05) is 35.7 Å². The van der Waals surface area contributed by atoms with Crippen LogP contribution in [0.1, 0.15) is 10.4 Å². The van der Waals surface area contributed by atoms with Gasteiger partial charge in [-0.2, -0.15) is 0 Å². The van der Waals surface area contributed by atoms with Crippen molar-refractivity contribution in [2.24, 2.45) is 0 Å². The number of aromatic nitrogens is 3. The molecule has 0 aliphatic heterocycles. The zero-order valence-corrected chi connectivity index (χ0v) is 14.8. The van der Waals surface area contributed by atoms with Crippen molar-refractivity contribution in [3.8, 4) is 11.3 Å². The monoisotopic (exact) mass is 378 g/mol. The number of nitrogens with zero attached hydrogens (tertiary/aromatic N) is 2. The van der Waals surface area contributed by atoms with E-state index in [0.717, 1.165) is 22.3 Å². The number of amides is 1. The molecule has 2 heterocycles. The van der Waals surface area contributed by atoms with Crippen molar-refractivity contribution in [1.82, 2.24) is 15.0 Å². The van der Waals surface area contributed by atoms with E-state index in [2.05, 4.69) is 20.3 Å². The van der Waals surface area contributed by atoms with E-state index in [1.165, 1.54) is 11.3 Å². The summed E-state index contributed by atoms with van der Waals surface area (Å²) in [6.45, 7) is -0.389. The predicted molar refractivity (Wildman–Crippen MR) is 103 cm³/mol. The average Bonchev–Trinajstić information content (AvgIpc) is 3.35. The molecule has 0 unspecified atom stereocenters. The fraction of sp³-hybridized carbons (Fsp3) is 0.0526. The zero-order valence-electron chi connectivity index (χ0n) is 14.0. The number of thiazole rings is 1. The Balaban J connectivity index is 1.34. The molecule has 4 aromatic rings. The molecular formula is C19H14N4O3S. The Kier molecular flexibility index (Phi) is 4.63. The number of H-pyrrole nitrogens is 1. The Morgan fingerprint density at radius 2 is 2.00 bits per heavy atom. The second kappa shape index (κ2) is 7.38. The standard InChI is InChI=1S/C19H14N4O3S/c24-17(23-19-22-16(10-27-19)12-4-2-1-3-5-12)9-26-18(25)13-6-7-14-15(8-13)21-11-20-14/h1-8,10-11H,9H2,(H,20,21)(H,22,23,24). The normalized spacial score (nSPS) is 10.7. The topological polar surface area (TPSA) is 97.0 Å². The van der Waals surface area contributed by atoms with Gasteiger partial charge in [-0.1, -0.05) is 30.3 Å². The van der Waals surface area contributed by atoms with Crippen LogP contribution in [0.5, 0.6) is 0 Å². The number of fused-ring (bicyclic) bond motifs is 1. The molecule has 4 rings (SSSR count). The van der Waals surface area contributed by atoms with E-state index < -0.39 is 11.9 Å². The molecule has 8 heteroatoms. The van der Waals surface area contributed by atoms with E-state index in [-0.39, 0.29) is 6.61 Å². The van der Waals surface area contributed by atoms with Crippen molar-refractivity contribution in [1.29, 1.82) is 0 Å². The molecule has 0 saturated carbocycles. The molecule has 0 bridgehead atoms. The van der Waals surface area contributed by atoms with Gasteiger partial charge in [0.25, 0.3) is 5.91 Å². The summed E-state index contributed by atoms with van der Waals surface area (Å²) in [5, 5.41) is 4.95. The summed E-state index contributed by atoms with van der Waals surface area (Å²) in [5.74, 6) is -1.02. The number of benzene rings is 2. The highest BCUT2D eigenvalue weighted by Gasteiger charge is 2.13. The molecule has 0 radical (unpaired) electrons. The molecule has 0 spiro atoms. The first-order chi connectivity index (χ1) is 13.2. The van der Waals surface area contributed by atoms with Gasteiger partial charge in [0.05, 0.1) is 28.6 Å². The Morgan fingerprint density at radius 1 is 1.15 bits per heavy atom. The van der Waals surface area contributed by atoms with E-state index in [9.17, 15) is 9.59 Å². The summed E-state index contributed by atoms with van der Waals surface area (Å²) in [5.41, 5.74) is 3.57. The highest BCUT2D eigenvalue weighted by molar-refractivity contribution is 7.14. The number of hydrogen-bond donors (Lipinski definition) is 2. The maximum Gasteiger partial charge on any atom is 0.338 e. The van der Waals surface area contributed by atoms with Crippen molar-refractivity contribution in [3.05, 3.63) is 65.8 Å². The van der Waals surface area contributed by atoms with Crippen molar-refractivity contribution >= 4 is 39.4 Å². The Hall–Kier alpha value is -3.52. The number of rotatable bonds is 5.